The molecule has 0 spiro atoms. The highest BCUT2D eigenvalue weighted by Gasteiger charge is 2.41. The van der Waals surface area contributed by atoms with Crippen LogP contribution in [0.5, 0.6) is 5.75 Å². The molecule has 0 aromatic heterocycles. The van der Waals surface area contributed by atoms with E-state index in [1.54, 1.807) is 7.11 Å². The molecule has 0 amide bonds. The molecule has 0 heterocycles. The Morgan fingerprint density at radius 1 is 1.04 bits per heavy atom. The molecule has 130 valence electrons. The van der Waals surface area contributed by atoms with Crippen molar-refractivity contribution in [1.82, 2.24) is 0 Å². The quantitative estimate of drug-likeness (QED) is 0.687. The Morgan fingerprint density at radius 3 is 2.21 bits per heavy atom. The first-order valence-corrected chi connectivity index (χ1v) is 11.3. The van der Waals surface area contributed by atoms with E-state index in [0.717, 1.165) is 22.1 Å². The summed E-state index contributed by atoms with van der Waals surface area (Å²) in [7, 11) is -0.435. The molecule has 2 aromatic carbocycles. The summed E-state index contributed by atoms with van der Waals surface area (Å²) in [6.45, 7) is 12.5. The van der Waals surface area contributed by atoms with E-state index in [1.807, 2.05) is 37.3 Å². The zero-order valence-corrected chi connectivity index (χ0v) is 16.8. The van der Waals surface area contributed by atoms with Crippen LogP contribution in [0, 0.1) is 0 Å². The maximum Gasteiger partial charge on any atom is 0.299 e. The molecule has 0 aliphatic heterocycles. The number of methoxy groups -OCH3 is 1. The Morgan fingerprint density at radius 2 is 1.62 bits per heavy atom. The Hall–Kier alpha value is -1.81. The fourth-order valence-electron chi connectivity index (χ4n) is 2.27. The van der Waals surface area contributed by atoms with Gasteiger partial charge in [-0.25, -0.2) is 0 Å². The molecule has 3 nitrogen and oxygen atoms in total. The summed E-state index contributed by atoms with van der Waals surface area (Å²) < 4.78 is 11.2. The number of hydrogen-bond acceptors (Lipinski definition) is 3. The number of carbonyl (C=O) groups is 1. The Balaban J connectivity index is 2.24. The normalized spacial score (nSPS) is 13.6. The van der Waals surface area contributed by atoms with Gasteiger partial charge in [-0.3, -0.25) is 4.79 Å². The van der Waals surface area contributed by atoms with Gasteiger partial charge in [0.1, 0.15) is 5.75 Å². The first-order valence-electron chi connectivity index (χ1n) is 8.36. The van der Waals surface area contributed by atoms with E-state index < -0.39 is 8.32 Å². The minimum atomic E-state index is -2.10. The Labute approximate surface area is 146 Å². The van der Waals surface area contributed by atoms with Gasteiger partial charge in [-0.2, -0.15) is 0 Å². The molecule has 1 unspecified atom stereocenters. The lowest BCUT2D eigenvalue weighted by Gasteiger charge is -2.36. The van der Waals surface area contributed by atoms with Crippen molar-refractivity contribution in [3.63, 3.8) is 0 Å². The van der Waals surface area contributed by atoms with E-state index in [2.05, 4.69) is 39.9 Å². The second-order valence-corrected chi connectivity index (χ2v) is 12.6. The molecule has 0 N–H and O–H groups in total. The van der Waals surface area contributed by atoms with Crippen molar-refractivity contribution in [1.29, 1.82) is 0 Å². The fourth-order valence-corrected chi connectivity index (χ4v) is 3.25. The van der Waals surface area contributed by atoms with Crippen LogP contribution in [-0.2, 0) is 9.22 Å². The third-order valence-corrected chi connectivity index (χ3v) is 9.41. The average Bonchev–Trinajstić information content (AvgIpc) is 2.51. The van der Waals surface area contributed by atoms with Crippen molar-refractivity contribution in [3.05, 3.63) is 42.0 Å². The minimum absolute atomic E-state index is 0.0162. The predicted octanol–water partition coefficient (Wildman–Crippen LogP) is 5.50. The topological polar surface area (TPSA) is 35.5 Å². The first-order chi connectivity index (χ1) is 11.0. The van der Waals surface area contributed by atoms with Gasteiger partial charge in [-0.15, -0.1) is 0 Å². The SMILES string of the molecule is COc1ccc2cc(C(C)C(=O)O[Si](C)(C)C(C)(C)C)ccc2c1. The summed E-state index contributed by atoms with van der Waals surface area (Å²) >= 11 is 0. The largest absolute Gasteiger partial charge is 0.519 e. The van der Waals surface area contributed by atoms with Crippen LogP contribution in [0.1, 0.15) is 39.2 Å². The van der Waals surface area contributed by atoms with Crippen LogP contribution in [0.2, 0.25) is 18.1 Å². The molecular formula is C20H28O3Si. The van der Waals surface area contributed by atoms with E-state index in [1.165, 1.54) is 0 Å². The first kappa shape index (κ1) is 18.5. The summed E-state index contributed by atoms with van der Waals surface area (Å²) in [5.41, 5.74) is 0.983. The zero-order valence-electron chi connectivity index (χ0n) is 15.8. The lowest BCUT2D eigenvalue weighted by Crippen LogP contribution is -2.43. The van der Waals surface area contributed by atoms with E-state index in [-0.39, 0.29) is 16.9 Å². The summed E-state index contributed by atoms with van der Waals surface area (Å²) in [5.74, 6) is 0.431. The van der Waals surface area contributed by atoms with Crippen LogP contribution in [0.4, 0.5) is 0 Å². The third-order valence-electron chi connectivity index (χ3n) is 5.09. The van der Waals surface area contributed by atoms with Crippen molar-refractivity contribution in [2.45, 2.75) is 51.7 Å². The van der Waals surface area contributed by atoms with Crippen LogP contribution in [0.25, 0.3) is 10.8 Å². The monoisotopic (exact) mass is 344 g/mol. The van der Waals surface area contributed by atoms with Gasteiger partial charge < -0.3 is 9.16 Å². The predicted molar refractivity (Wildman–Crippen MR) is 102 cm³/mol. The van der Waals surface area contributed by atoms with Gasteiger partial charge in [0.2, 0.25) is 0 Å². The molecule has 0 radical (unpaired) electrons. The van der Waals surface area contributed by atoms with Gasteiger partial charge >= 0.3 is 0 Å². The highest BCUT2D eigenvalue weighted by molar-refractivity contribution is 6.75. The van der Waals surface area contributed by atoms with Crippen LogP contribution in [-0.4, -0.2) is 21.4 Å². The molecule has 24 heavy (non-hydrogen) atoms. The number of fused-ring (bicyclic) bond motifs is 1. The van der Waals surface area contributed by atoms with Gasteiger partial charge in [0, 0.05) is 0 Å². The molecule has 0 saturated carbocycles. The second-order valence-electron chi connectivity index (χ2n) is 7.88. The number of ether oxygens (including phenoxy) is 1. The van der Waals surface area contributed by atoms with E-state index >= 15 is 0 Å². The van der Waals surface area contributed by atoms with Crippen molar-refractivity contribution in [3.8, 4) is 5.75 Å². The number of hydrogen-bond donors (Lipinski definition) is 0. The summed E-state index contributed by atoms with van der Waals surface area (Å²) in [4.78, 5) is 12.6. The van der Waals surface area contributed by atoms with E-state index in [0.29, 0.717) is 0 Å². The highest BCUT2D eigenvalue weighted by atomic mass is 28.4. The summed E-state index contributed by atoms with van der Waals surface area (Å²) in [6, 6.07) is 12.0. The van der Waals surface area contributed by atoms with Gasteiger partial charge in [0.25, 0.3) is 14.3 Å². The smallest absolute Gasteiger partial charge is 0.299 e. The summed E-state index contributed by atoms with van der Waals surface area (Å²) in [5, 5.41) is 2.21. The van der Waals surface area contributed by atoms with Crippen LogP contribution in [0.15, 0.2) is 36.4 Å². The number of rotatable bonds is 4. The standard InChI is InChI=1S/C20H28O3Si/c1-14(19(21)23-24(6,7)20(2,3)4)15-8-9-17-13-18(22-5)11-10-16(17)12-15/h8-14H,1-7H3. The highest BCUT2D eigenvalue weighted by Crippen LogP contribution is 2.37. The maximum atomic E-state index is 12.6. The molecule has 0 bridgehead atoms. The number of benzene rings is 2. The van der Waals surface area contributed by atoms with Crippen molar-refractivity contribution in [2.75, 3.05) is 7.11 Å². The third kappa shape index (κ3) is 3.81. The van der Waals surface area contributed by atoms with Crippen LogP contribution in [0.3, 0.4) is 0 Å². The maximum absolute atomic E-state index is 12.6. The number of carbonyl (C=O) groups excluding carboxylic acids is 1. The van der Waals surface area contributed by atoms with Crippen molar-refractivity contribution in [2.24, 2.45) is 0 Å². The van der Waals surface area contributed by atoms with Crippen molar-refractivity contribution >= 4 is 25.1 Å². The summed E-state index contributed by atoms with van der Waals surface area (Å²) in [6.07, 6.45) is 0. The van der Waals surface area contributed by atoms with E-state index in [9.17, 15) is 4.79 Å². The van der Waals surface area contributed by atoms with Gasteiger partial charge in [0.15, 0.2) is 0 Å². The van der Waals surface area contributed by atoms with Gasteiger partial charge in [-0.05, 0) is 53.5 Å². The molecule has 0 aliphatic rings. The Bertz CT molecular complexity index is 744. The van der Waals surface area contributed by atoms with Crippen LogP contribution >= 0.6 is 0 Å². The molecular weight excluding hydrogens is 316 g/mol. The average molecular weight is 345 g/mol. The van der Waals surface area contributed by atoms with Gasteiger partial charge in [-0.1, -0.05) is 45.0 Å². The molecule has 0 saturated heterocycles. The lowest BCUT2D eigenvalue weighted by atomic mass is 9.98. The molecule has 0 aliphatic carbocycles. The fraction of sp³-hybridized carbons (Fsp3) is 0.450. The van der Waals surface area contributed by atoms with Crippen LogP contribution < -0.4 is 4.74 Å². The minimum Gasteiger partial charge on any atom is -0.519 e. The van der Waals surface area contributed by atoms with Gasteiger partial charge in [0.05, 0.1) is 13.0 Å². The lowest BCUT2D eigenvalue weighted by molar-refractivity contribution is -0.136. The molecule has 2 rings (SSSR count). The van der Waals surface area contributed by atoms with E-state index in [4.69, 9.17) is 9.16 Å². The molecule has 2 aromatic rings. The Kier molecular flexibility index (Phi) is 5.09. The molecule has 1 atom stereocenters. The zero-order chi connectivity index (χ0) is 18.1. The molecule has 0 fully saturated rings. The second kappa shape index (κ2) is 6.59. The van der Waals surface area contributed by atoms with Crippen molar-refractivity contribution < 1.29 is 14.0 Å². The molecule has 4 heteroatoms.